The molecule has 3 aromatic rings. The zero-order chi connectivity index (χ0) is 19.6. The first-order valence-corrected chi connectivity index (χ1v) is 8.26. The number of carboxylic acid groups (broad SMARTS) is 1. The Bertz CT molecular complexity index is 1040. The fraction of sp³-hybridized carbons (Fsp3) is 0.150. The molecule has 27 heavy (non-hydrogen) atoms. The van der Waals surface area contributed by atoms with Crippen LogP contribution in [0.2, 0.25) is 0 Å². The minimum absolute atomic E-state index is 0.0312. The van der Waals surface area contributed by atoms with Crippen LogP contribution in [0.1, 0.15) is 24.3 Å². The summed E-state index contributed by atoms with van der Waals surface area (Å²) in [6.45, 7) is 4.43. The molecule has 2 aromatic carbocycles. The van der Waals surface area contributed by atoms with E-state index in [4.69, 9.17) is 4.74 Å². The normalized spacial score (nSPS) is 10.6. The maximum Gasteiger partial charge on any atom is 0.352 e. The number of carbonyl (C=O) groups is 1. The third kappa shape index (κ3) is 3.82. The number of ether oxygens (including phenoxy) is 1. The molecule has 7 nitrogen and oxygen atoms in total. The van der Waals surface area contributed by atoms with E-state index >= 15 is 0 Å². The van der Waals surface area contributed by atoms with Gasteiger partial charge in [0.15, 0.2) is 0 Å². The molecule has 0 aliphatic rings. The lowest BCUT2D eigenvalue weighted by Crippen LogP contribution is -2.06. The highest BCUT2D eigenvalue weighted by Crippen LogP contribution is 2.28. The number of benzene rings is 2. The van der Waals surface area contributed by atoms with Crippen LogP contribution >= 0.6 is 0 Å². The Balaban J connectivity index is 2.02. The van der Waals surface area contributed by atoms with E-state index in [1.807, 2.05) is 19.9 Å². The van der Waals surface area contributed by atoms with E-state index in [9.17, 15) is 20.0 Å². The molecule has 1 N–H and O–H groups in total. The number of nitro benzene ring substituents is 1. The lowest BCUT2D eigenvalue weighted by atomic mass is 10.2. The summed E-state index contributed by atoms with van der Waals surface area (Å²) in [4.78, 5) is 22.1. The van der Waals surface area contributed by atoms with Gasteiger partial charge in [0, 0.05) is 23.2 Å². The van der Waals surface area contributed by atoms with Crippen LogP contribution in [0, 0.1) is 10.1 Å². The number of non-ortho nitro benzene ring substituents is 1. The molecule has 0 atom stereocenters. The third-order valence-electron chi connectivity index (χ3n) is 4.05. The minimum Gasteiger partial charge on any atom is -0.490 e. The summed E-state index contributed by atoms with van der Waals surface area (Å²) < 4.78 is 7.18. The second kappa shape index (κ2) is 7.33. The molecule has 0 fully saturated rings. The fourth-order valence-corrected chi connectivity index (χ4v) is 2.75. The van der Waals surface area contributed by atoms with Crippen molar-refractivity contribution in [3.05, 3.63) is 76.0 Å². The Morgan fingerprint density at radius 2 is 1.89 bits per heavy atom. The number of fused-ring (bicyclic) bond motifs is 1. The van der Waals surface area contributed by atoms with Crippen LogP contribution in [0.5, 0.6) is 5.75 Å². The molecule has 0 radical (unpaired) electrons. The van der Waals surface area contributed by atoms with Crippen LogP contribution in [0.3, 0.4) is 0 Å². The van der Waals surface area contributed by atoms with Crippen molar-refractivity contribution in [3.63, 3.8) is 0 Å². The first-order chi connectivity index (χ1) is 12.9. The maximum absolute atomic E-state index is 11.7. The van der Waals surface area contributed by atoms with Gasteiger partial charge in [0.1, 0.15) is 18.1 Å². The average Bonchev–Trinajstić information content (AvgIpc) is 3.01. The van der Waals surface area contributed by atoms with Gasteiger partial charge in [-0.25, -0.2) is 4.79 Å². The number of allylic oxidation sites excluding steroid dienone is 1. The molecule has 138 valence electrons. The van der Waals surface area contributed by atoms with Crippen molar-refractivity contribution in [1.29, 1.82) is 0 Å². The van der Waals surface area contributed by atoms with E-state index < -0.39 is 10.9 Å². The minimum atomic E-state index is -1.11. The van der Waals surface area contributed by atoms with Crippen molar-refractivity contribution in [1.82, 2.24) is 4.57 Å². The van der Waals surface area contributed by atoms with Gasteiger partial charge >= 0.3 is 5.97 Å². The van der Waals surface area contributed by atoms with Crippen molar-refractivity contribution in [2.45, 2.75) is 13.8 Å². The summed E-state index contributed by atoms with van der Waals surface area (Å²) in [5, 5.41) is 21.0. The van der Waals surface area contributed by atoms with Gasteiger partial charge in [-0.2, -0.15) is 0 Å². The summed E-state index contributed by atoms with van der Waals surface area (Å²) in [6, 6.07) is 12.8. The van der Waals surface area contributed by atoms with Crippen LogP contribution in [0.25, 0.3) is 16.6 Å². The van der Waals surface area contributed by atoms with E-state index in [1.54, 1.807) is 34.9 Å². The predicted octanol–water partition coefficient (Wildman–Crippen LogP) is 4.58. The van der Waals surface area contributed by atoms with Gasteiger partial charge in [-0.3, -0.25) is 10.1 Å². The molecule has 0 saturated heterocycles. The third-order valence-corrected chi connectivity index (χ3v) is 4.05. The Morgan fingerprint density at radius 1 is 1.19 bits per heavy atom. The van der Waals surface area contributed by atoms with Crippen LogP contribution < -0.4 is 4.74 Å². The van der Waals surface area contributed by atoms with Crippen molar-refractivity contribution in [2.75, 3.05) is 6.61 Å². The molecule has 0 amide bonds. The fourth-order valence-electron chi connectivity index (χ4n) is 2.75. The molecule has 0 aliphatic carbocycles. The summed E-state index contributed by atoms with van der Waals surface area (Å²) in [7, 11) is 0. The number of hydrogen-bond acceptors (Lipinski definition) is 4. The molecule has 0 aliphatic heterocycles. The lowest BCUT2D eigenvalue weighted by Gasteiger charge is -2.10. The monoisotopic (exact) mass is 366 g/mol. The molecule has 0 spiro atoms. The number of carboxylic acids is 1. The van der Waals surface area contributed by atoms with E-state index in [2.05, 4.69) is 0 Å². The predicted molar refractivity (Wildman–Crippen MR) is 102 cm³/mol. The number of aromatic nitrogens is 1. The number of rotatable bonds is 6. The zero-order valence-corrected chi connectivity index (χ0v) is 14.9. The van der Waals surface area contributed by atoms with Gasteiger partial charge in [-0.1, -0.05) is 5.57 Å². The summed E-state index contributed by atoms with van der Waals surface area (Å²) in [6.07, 6.45) is 1.96. The van der Waals surface area contributed by atoms with E-state index in [0.29, 0.717) is 28.9 Å². The number of nitro groups is 1. The summed E-state index contributed by atoms with van der Waals surface area (Å²) in [5.74, 6) is -0.446. The SMILES string of the molecule is CC(C)=CCOc1ccc(-n2c(C(=O)O)cc3cc([N+](=O)[O-])ccc32)cc1. The van der Waals surface area contributed by atoms with Gasteiger partial charge in [-0.15, -0.1) is 0 Å². The average molecular weight is 366 g/mol. The Morgan fingerprint density at radius 3 is 2.48 bits per heavy atom. The van der Waals surface area contributed by atoms with Crippen molar-refractivity contribution in [2.24, 2.45) is 0 Å². The molecule has 7 heteroatoms. The molecule has 3 rings (SSSR count). The first kappa shape index (κ1) is 18.2. The van der Waals surface area contributed by atoms with E-state index in [1.165, 1.54) is 18.2 Å². The highest BCUT2D eigenvalue weighted by molar-refractivity contribution is 5.96. The maximum atomic E-state index is 11.7. The second-order valence-corrected chi connectivity index (χ2v) is 6.26. The molecular weight excluding hydrogens is 348 g/mol. The largest absolute Gasteiger partial charge is 0.490 e. The zero-order valence-electron chi connectivity index (χ0n) is 14.9. The van der Waals surface area contributed by atoms with Crippen LogP contribution in [-0.2, 0) is 0 Å². The molecule has 0 bridgehead atoms. The van der Waals surface area contributed by atoms with E-state index in [-0.39, 0.29) is 11.4 Å². The van der Waals surface area contributed by atoms with Gasteiger partial charge in [0.05, 0.1) is 10.4 Å². The smallest absolute Gasteiger partial charge is 0.352 e. The van der Waals surface area contributed by atoms with Crippen molar-refractivity contribution >= 4 is 22.6 Å². The molecular formula is C20H18N2O5. The highest BCUT2D eigenvalue weighted by Gasteiger charge is 2.18. The number of aromatic carboxylic acids is 1. The Labute approximate surface area is 155 Å². The lowest BCUT2D eigenvalue weighted by molar-refractivity contribution is -0.384. The van der Waals surface area contributed by atoms with Gasteiger partial charge in [-0.05, 0) is 56.3 Å². The Kier molecular flexibility index (Phi) is 4.94. The highest BCUT2D eigenvalue weighted by atomic mass is 16.6. The summed E-state index contributed by atoms with van der Waals surface area (Å²) >= 11 is 0. The van der Waals surface area contributed by atoms with Crippen LogP contribution in [0.15, 0.2) is 60.2 Å². The summed E-state index contributed by atoms with van der Waals surface area (Å²) in [5.41, 5.74) is 2.32. The topological polar surface area (TPSA) is 94.6 Å². The number of nitrogens with zero attached hydrogens (tertiary/aromatic N) is 2. The van der Waals surface area contributed by atoms with Crippen LogP contribution in [-0.4, -0.2) is 27.2 Å². The van der Waals surface area contributed by atoms with Gasteiger partial charge in [0.25, 0.3) is 5.69 Å². The standard InChI is InChI=1S/C20H18N2O5/c1-13(2)9-10-27-17-6-3-15(4-7-17)21-18-8-5-16(22(25)26)11-14(18)12-19(21)20(23)24/h3-9,11-12H,10H2,1-2H3,(H,23,24). The van der Waals surface area contributed by atoms with E-state index in [0.717, 1.165) is 5.57 Å². The van der Waals surface area contributed by atoms with Crippen molar-refractivity contribution in [3.8, 4) is 11.4 Å². The molecule has 0 unspecified atom stereocenters. The molecule has 0 saturated carbocycles. The van der Waals surface area contributed by atoms with Crippen molar-refractivity contribution < 1.29 is 19.6 Å². The number of hydrogen-bond donors (Lipinski definition) is 1. The molecule has 1 aromatic heterocycles. The van der Waals surface area contributed by atoms with Gasteiger partial charge in [0.2, 0.25) is 0 Å². The molecule has 1 heterocycles. The second-order valence-electron chi connectivity index (χ2n) is 6.26. The first-order valence-electron chi connectivity index (χ1n) is 8.26. The van der Waals surface area contributed by atoms with Gasteiger partial charge < -0.3 is 14.4 Å². The Hall–Kier alpha value is -3.61. The quantitative estimate of drug-likeness (QED) is 0.391. The van der Waals surface area contributed by atoms with Crippen LogP contribution in [0.4, 0.5) is 5.69 Å².